The molecule has 3 aliphatic heterocycles. The second kappa shape index (κ2) is 7.27. The average molecular weight is 449 g/mol. The third kappa shape index (κ3) is 3.08. The Bertz CT molecular complexity index is 1100. The average Bonchev–Trinajstić information content (AvgIpc) is 3.15. The molecule has 5 aliphatic rings. The van der Waals surface area contributed by atoms with E-state index in [4.69, 9.17) is 11.5 Å². The Kier molecular flexibility index (Phi) is 4.55. The molecule has 1 aromatic carbocycles. The predicted octanol–water partition coefficient (Wildman–Crippen LogP) is -0.102. The number of hydrogen-bond donors (Lipinski definition) is 2. The number of carbonyl (C=O) groups is 3. The van der Waals surface area contributed by atoms with Crippen molar-refractivity contribution >= 4 is 17.7 Å². The molecule has 9 heteroatoms. The topological polar surface area (TPSA) is 137 Å². The van der Waals surface area contributed by atoms with Gasteiger partial charge in [0.25, 0.3) is 0 Å². The number of carbonyl (C=O) groups excluding carboxylic acids is 3. The summed E-state index contributed by atoms with van der Waals surface area (Å²) in [4.78, 5) is 43.6. The Balaban J connectivity index is 1.13. The van der Waals surface area contributed by atoms with E-state index in [0.717, 1.165) is 43.2 Å². The van der Waals surface area contributed by atoms with E-state index in [0.29, 0.717) is 24.6 Å². The Morgan fingerprint density at radius 1 is 1.21 bits per heavy atom. The zero-order valence-electron chi connectivity index (χ0n) is 18.4. The molecule has 9 nitrogen and oxygen atoms in total. The first-order valence-corrected chi connectivity index (χ1v) is 11.8. The molecule has 1 aromatic rings. The Hall–Kier alpha value is -2.96. The highest BCUT2D eigenvalue weighted by Gasteiger charge is 2.56. The number of likely N-dealkylation sites (tertiary alicyclic amines) is 3. The molecule has 33 heavy (non-hydrogen) atoms. The van der Waals surface area contributed by atoms with Crippen LogP contribution in [0.1, 0.15) is 53.2 Å². The van der Waals surface area contributed by atoms with Crippen LogP contribution in [0.15, 0.2) is 18.2 Å². The highest BCUT2D eigenvalue weighted by atomic mass is 16.2. The minimum Gasteiger partial charge on any atom is -0.366 e. The summed E-state index contributed by atoms with van der Waals surface area (Å²) >= 11 is 0. The van der Waals surface area contributed by atoms with Gasteiger partial charge in [-0.3, -0.25) is 19.3 Å². The van der Waals surface area contributed by atoms with Crippen molar-refractivity contribution in [3.63, 3.8) is 0 Å². The molecule has 6 rings (SSSR count). The quantitative estimate of drug-likeness (QED) is 0.645. The van der Waals surface area contributed by atoms with Gasteiger partial charge in [0.05, 0.1) is 24.2 Å². The summed E-state index contributed by atoms with van der Waals surface area (Å²) in [5, 5.41) is 9.39. The summed E-state index contributed by atoms with van der Waals surface area (Å²) in [7, 11) is 0. The number of fused-ring (bicyclic) bond motifs is 4. The molecule has 1 saturated carbocycles. The molecule has 3 heterocycles. The van der Waals surface area contributed by atoms with Crippen molar-refractivity contribution in [1.29, 1.82) is 5.26 Å². The highest BCUT2D eigenvalue weighted by Crippen LogP contribution is 2.48. The fourth-order valence-corrected chi connectivity index (χ4v) is 6.75. The zero-order chi connectivity index (χ0) is 23.0. The van der Waals surface area contributed by atoms with Crippen LogP contribution in [-0.2, 0) is 16.0 Å². The molecule has 3 amide bonds. The van der Waals surface area contributed by atoms with Gasteiger partial charge < -0.3 is 21.3 Å². The maximum Gasteiger partial charge on any atom is 0.248 e. The van der Waals surface area contributed by atoms with E-state index >= 15 is 0 Å². The number of aryl methyl sites for hydroxylation is 1. The van der Waals surface area contributed by atoms with E-state index in [1.807, 2.05) is 17.0 Å². The van der Waals surface area contributed by atoms with Crippen molar-refractivity contribution < 1.29 is 14.4 Å². The van der Waals surface area contributed by atoms with Crippen LogP contribution in [0.25, 0.3) is 0 Å². The second-order valence-electron chi connectivity index (χ2n) is 10.2. The van der Waals surface area contributed by atoms with Gasteiger partial charge >= 0.3 is 0 Å². The van der Waals surface area contributed by atoms with Crippen molar-refractivity contribution in [1.82, 2.24) is 14.7 Å². The summed E-state index contributed by atoms with van der Waals surface area (Å²) in [6, 6.07) is 6.74. The predicted molar refractivity (Wildman–Crippen MR) is 117 cm³/mol. The molecule has 4 fully saturated rings. The number of nitriles is 1. The van der Waals surface area contributed by atoms with Crippen molar-refractivity contribution in [3.8, 4) is 6.07 Å². The minimum absolute atomic E-state index is 0.0228. The number of piperazine rings is 1. The molecule has 3 saturated heterocycles. The fraction of sp³-hybridized carbons (Fsp3) is 0.583. The number of piperidine rings is 1. The molecule has 0 radical (unpaired) electrons. The van der Waals surface area contributed by atoms with E-state index in [-0.39, 0.29) is 42.0 Å². The maximum absolute atomic E-state index is 13.3. The maximum atomic E-state index is 13.3. The van der Waals surface area contributed by atoms with Crippen LogP contribution < -0.4 is 11.5 Å². The van der Waals surface area contributed by atoms with Gasteiger partial charge in [-0.1, -0.05) is 6.07 Å². The lowest BCUT2D eigenvalue weighted by Gasteiger charge is -2.38. The van der Waals surface area contributed by atoms with Gasteiger partial charge in [-0.05, 0) is 61.3 Å². The number of rotatable bonds is 5. The summed E-state index contributed by atoms with van der Waals surface area (Å²) in [6.45, 7) is 1.05. The van der Waals surface area contributed by atoms with Gasteiger partial charge in [0.15, 0.2) is 0 Å². The number of amides is 3. The lowest BCUT2D eigenvalue weighted by Crippen LogP contribution is -2.57. The van der Waals surface area contributed by atoms with Crippen LogP contribution in [0, 0.1) is 17.2 Å². The van der Waals surface area contributed by atoms with Crippen LogP contribution in [0.3, 0.4) is 0 Å². The smallest absolute Gasteiger partial charge is 0.248 e. The first kappa shape index (κ1) is 20.6. The van der Waals surface area contributed by atoms with Gasteiger partial charge in [0.1, 0.15) is 6.04 Å². The van der Waals surface area contributed by atoms with Crippen LogP contribution in [-0.4, -0.2) is 75.7 Å². The lowest BCUT2D eigenvalue weighted by atomic mass is 10.0. The van der Waals surface area contributed by atoms with Crippen molar-refractivity contribution in [2.24, 2.45) is 17.4 Å². The van der Waals surface area contributed by atoms with Crippen LogP contribution in [0.5, 0.6) is 0 Å². The molecule has 0 aromatic heterocycles. The SMILES string of the molecule is N#CC1C[C@@H]2C[C@@H]2N1C(=O)C(N)CN1CC2C[C@H]1C(=O)N2[C@H]1CCc2cc(C(N)=O)ccc21. The number of nitrogens with two attached hydrogens (primary N) is 2. The van der Waals surface area contributed by atoms with Gasteiger partial charge in [-0.25, -0.2) is 0 Å². The van der Waals surface area contributed by atoms with Crippen LogP contribution >= 0.6 is 0 Å². The van der Waals surface area contributed by atoms with Gasteiger partial charge in [-0.2, -0.15) is 5.26 Å². The van der Waals surface area contributed by atoms with Crippen molar-refractivity contribution in [2.75, 3.05) is 13.1 Å². The van der Waals surface area contributed by atoms with Gasteiger partial charge in [0.2, 0.25) is 17.7 Å². The molecule has 3 unspecified atom stereocenters. The molecular formula is C24H28N6O3. The number of primary amides is 1. The Morgan fingerprint density at radius 3 is 2.76 bits per heavy atom. The number of hydrogen-bond acceptors (Lipinski definition) is 6. The summed E-state index contributed by atoms with van der Waals surface area (Å²) < 4.78 is 0. The molecule has 7 atom stereocenters. The standard InChI is InChI=1S/C24H28N6O3/c25-9-15-6-14-7-20(14)29(15)23(32)18(26)11-28-10-16-8-21(28)24(33)30(16)19-4-2-12-5-13(22(27)31)1-3-17(12)19/h1,3,5,14-16,18-21H,2,4,6-8,10-11,26H2,(H2,27,31)/t14-,15?,16?,18?,19+,20+,21+/m1/s1. The lowest BCUT2D eigenvalue weighted by molar-refractivity contribution is -0.141. The van der Waals surface area contributed by atoms with Crippen molar-refractivity contribution in [2.45, 2.75) is 68.4 Å². The zero-order valence-corrected chi connectivity index (χ0v) is 18.4. The van der Waals surface area contributed by atoms with Crippen LogP contribution in [0.2, 0.25) is 0 Å². The molecule has 2 bridgehead atoms. The van der Waals surface area contributed by atoms with Gasteiger partial charge in [0, 0.05) is 30.7 Å². The Morgan fingerprint density at radius 2 is 2.03 bits per heavy atom. The first-order chi connectivity index (χ1) is 15.9. The first-order valence-electron chi connectivity index (χ1n) is 11.8. The largest absolute Gasteiger partial charge is 0.366 e. The monoisotopic (exact) mass is 448 g/mol. The number of nitrogens with zero attached hydrogens (tertiary/aromatic N) is 4. The number of benzene rings is 1. The normalized spacial score (nSPS) is 34.8. The molecule has 2 aliphatic carbocycles. The van der Waals surface area contributed by atoms with Crippen molar-refractivity contribution in [3.05, 3.63) is 34.9 Å². The van der Waals surface area contributed by atoms with E-state index < -0.39 is 11.9 Å². The fourth-order valence-electron chi connectivity index (χ4n) is 6.75. The second-order valence-corrected chi connectivity index (χ2v) is 10.2. The van der Waals surface area contributed by atoms with E-state index in [1.54, 1.807) is 11.0 Å². The molecular weight excluding hydrogens is 420 g/mol. The van der Waals surface area contributed by atoms with E-state index in [1.165, 1.54) is 0 Å². The summed E-state index contributed by atoms with van der Waals surface area (Å²) in [5.41, 5.74) is 14.4. The minimum atomic E-state index is -0.722. The summed E-state index contributed by atoms with van der Waals surface area (Å²) in [5.74, 6) is -0.0435. The molecule has 0 spiro atoms. The third-order valence-corrected chi connectivity index (χ3v) is 8.38. The van der Waals surface area contributed by atoms with Gasteiger partial charge in [-0.15, -0.1) is 0 Å². The van der Waals surface area contributed by atoms with Crippen LogP contribution in [0.4, 0.5) is 0 Å². The summed E-state index contributed by atoms with van der Waals surface area (Å²) in [6.07, 6.45) is 4.15. The molecule has 172 valence electrons. The van der Waals surface area contributed by atoms with E-state index in [9.17, 15) is 19.6 Å². The van der Waals surface area contributed by atoms with E-state index in [2.05, 4.69) is 11.0 Å². The molecule has 4 N–H and O–H groups in total. The highest BCUT2D eigenvalue weighted by molar-refractivity contribution is 5.93. The Labute approximate surface area is 192 Å². The third-order valence-electron chi connectivity index (χ3n) is 8.38.